The van der Waals surface area contributed by atoms with Gasteiger partial charge in [0.15, 0.2) is 0 Å². The molecule has 1 aromatic carbocycles. The van der Waals surface area contributed by atoms with Gasteiger partial charge in [-0.15, -0.1) is 0 Å². The second kappa shape index (κ2) is 7.82. The molecule has 1 N–H and O–H groups in total. The van der Waals surface area contributed by atoms with E-state index >= 15 is 0 Å². The van der Waals surface area contributed by atoms with Crippen LogP contribution in [0.2, 0.25) is 0 Å². The number of carbonyl (C=O) groups is 1. The van der Waals surface area contributed by atoms with Crippen LogP contribution < -0.4 is 0 Å². The van der Waals surface area contributed by atoms with E-state index in [9.17, 15) is 4.79 Å². The Morgan fingerprint density at radius 1 is 1.40 bits per heavy atom. The number of hydrogen-bond acceptors (Lipinski definition) is 3. The summed E-state index contributed by atoms with van der Waals surface area (Å²) in [7, 11) is 0. The minimum absolute atomic E-state index is 0.200. The van der Waals surface area contributed by atoms with Crippen LogP contribution in [0, 0.1) is 0 Å². The van der Waals surface area contributed by atoms with Gasteiger partial charge in [-0.2, -0.15) is 0 Å². The van der Waals surface area contributed by atoms with Gasteiger partial charge in [-0.3, -0.25) is 0 Å². The van der Waals surface area contributed by atoms with E-state index in [4.69, 9.17) is 14.6 Å². The molecule has 0 aromatic heterocycles. The van der Waals surface area contributed by atoms with Gasteiger partial charge in [0.2, 0.25) is 0 Å². The van der Waals surface area contributed by atoms with Crippen LogP contribution in [0.4, 0.5) is 0 Å². The van der Waals surface area contributed by atoms with Crippen molar-refractivity contribution < 1.29 is 19.4 Å². The normalized spacial score (nSPS) is 19.3. The molecule has 108 valence electrons. The smallest absolute Gasteiger partial charge is 0.328 e. The standard InChI is InChI=1S/C16H20O4/c17-16(18)9-8-13-5-1-2-6-14(13)11-19-12-15-7-3-4-10-20-15/h1-2,5-6,8-9,15H,3-4,7,10-12H2,(H,17,18). The highest BCUT2D eigenvalue weighted by molar-refractivity contribution is 5.85. The zero-order valence-electron chi connectivity index (χ0n) is 11.5. The van der Waals surface area contributed by atoms with E-state index in [2.05, 4.69) is 0 Å². The largest absolute Gasteiger partial charge is 0.478 e. The number of aliphatic carboxylic acids is 1. The van der Waals surface area contributed by atoms with Crippen molar-refractivity contribution in [2.75, 3.05) is 13.2 Å². The Kier molecular flexibility index (Phi) is 5.77. The lowest BCUT2D eigenvalue weighted by Crippen LogP contribution is -2.24. The average molecular weight is 276 g/mol. The van der Waals surface area contributed by atoms with Crippen LogP contribution in [0.3, 0.4) is 0 Å². The molecule has 4 nitrogen and oxygen atoms in total. The van der Waals surface area contributed by atoms with Crippen LogP contribution >= 0.6 is 0 Å². The van der Waals surface area contributed by atoms with Crippen LogP contribution in [-0.2, 0) is 20.9 Å². The van der Waals surface area contributed by atoms with E-state index in [1.54, 1.807) is 6.08 Å². The van der Waals surface area contributed by atoms with E-state index < -0.39 is 5.97 Å². The number of hydrogen-bond donors (Lipinski definition) is 1. The van der Waals surface area contributed by atoms with Crippen LogP contribution in [0.25, 0.3) is 6.08 Å². The average Bonchev–Trinajstić information content (AvgIpc) is 2.47. The molecule has 0 aliphatic carbocycles. The fraction of sp³-hybridized carbons (Fsp3) is 0.438. The molecule has 20 heavy (non-hydrogen) atoms. The summed E-state index contributed by atoms with van der Waals surface area (Å²) in [5.74, 6) is -0.948. The maximum absolute atomic E-state index is 10.6. The second-order valence-electron chi connectivity index (χ2n) is 4.87. The van der Waals surface area contributed by atoms with Crippen LogP contribution in [0.15, 0.2) is 30.3 Å². The molecule has 0 bridgehead atoms. The quantitative estimate of drug-likeness (QED) is 0.812. The van der Waals surface area contributed by atoms with Crippen molar-refractivity contribution in [3.05, 3.63) is 41.5 Å². The molecule has 1 heterocycles. The molecule has 1 aliphatic heterocycles. The highest BCUT2D eigenvalue weighted by Crippen LogP contribution is 2.15. The van der Waals surface area contributed by atoms with Crippen molar-refractivity contribution in [1.82, 2.24) is 0 Å². The molecule has 0 spiro atoms. The predicted octanol–water partition coefficient (Wildman–Crippen LogP) is 2.87. The molecule has 2 rings (SSSR count). The van der Waals surface area contributed by atoms with Gasteiger partial charge in [0, 0.05) is 12.7 Å². The fourth-order valence-corrected chi connectivity index (χ4v) is 2.23. The second-order valence-corrected chi connectivity index (χ2v) is 4.87. The molecule has 1 fully saturated rings. The summed E-state index contributed by atoms with van der Waals surface area (Å²) in [6.07, 6.45) is 6.33. The summed E-state index contributed by atoms with van der Waals surface area (Å²) in [6, 6.07) is 7.64. The Hall–Kier alpha value is -1.65. The molecule has 1 atom stereocenters. The monoisotopic (exact) mass is 276 g/mol. The molecule has 1 saturated heterocycles. The first-order valence-corrected chi connectivity index (χ1v) is 6.94. The summed E-state index contributed by atoms with van der Waals surface area (Å²) in [5.41, 5.74) is 1.86. The molecule has 1 unspecified atom stereocenters. The lowest BCUT2D eigenvalue weighted by atomic mass is 10.1. The van der Waals surface area contributed by atoms with Gasteiger partial charge in [0.05, 0.1) is 19.3 Å². The van der Waals surface area contributed by atoms with Gasteiger partial charge in [0.25, 0.3) is 0 Å². The topological polar surface area (TPSA) is 55.8 Å². The van der Waals surface area contributed by atoms with Crippen molar-refractivity contribution in [2.24, 2.45) is 0 Å². The van der Waals surface area contributed by atoms with E-state index in [0.29, 0.717) is 13.2 Å². The number of carboxylic acid groups (broad SMARTS) is 1. The first-order chi connectivity index (χ1) is 9.75. The van der Waals surface area contributed by atoms with Gasteiger partial charge in [-0.1, -0.05) is 24.3 Å². The summed E-state index contributed by atoms with van der Waals surface area (Å²) < 4.78 is 11.3. The van der Waals surface area contributed by atoms with Crippen molar-refractivity contribution in [1.29, 1.82) is 0 Å². The minimum Gasteiger partial charge on any atom is -0.478 e. The highest BCUT2D eigenvalue weighted by Gasteiger charge is 2.13. The fourth-order valence-electron chi connectivity index (χ4n) is 2.23. The number of benzene rings is 1. The third-order valence-corrected chi connectivity index (χ3v) is 3.30. The summed E-state index contributed by atoms with van der Waals surface area (Å²) in [5, 5.41) is 8.68. The lowest BCUT2D eigenvalue weighted by Gasteiger charge is -2.22. The first-order valence-electron chi connectivity index (χ1n) is 6.94. The van der Waals surface area contributed by atoms with E-state index in [0.717, 1.165) is 36.7 Å². The zero-order chi connectivity index (χ0) is 14.2. The van der Waals surface area contributed by atoms with Gasteiger partial charge in [-0.05, 0) is 36.5 Å². The van der Waals surface area contributed by atoms with Crippen molar-refractivity contribution in [3.8, 4) is 0 Å². The maximum atomic E-state index is 10.6. The van der Waals surface area contributed by atoms with Crippen LogP contribution in [-0.4, -0.2) is 30.4 Å². The number of carboxylic acids is 1. The van der Waals surface area contributed by atoms with Crippen molar-refractivity contribution >= 4 is 12.0 Å². The Bertz CT molecular complexity index is 461. The molecule has 0 saturated carbocycles. The molecular weight excluding hydrogens is 256 g/mol. The lowest BCUT2D eigenvalue weighted by molar-refractivity contribution is -0.131. The Morgan fingerprint density at radius 2 is 2.25 bits per heavy atom. The SMILES string of the molecule is O=C(O)C=Cc1ccccc1COCC1CCCCO1. The maximum Gasteiger partial charge on any atom is 0.328 e. The molecule has 4 heteroatoms. The van der Waals surface area contributed by atoms with E-state index in [1.165, 1.54) is 6.42 Å². The van der Waals surface area contributed by atoms with Gasteiger partial charge in [-0.25, -0.2) is 4.79 Å². The van der Waals surface area contributed by atoms with Gasteiger partial charge < -0.3 is 14.6 Å². The van der Waals surface area contributed by atoms with Crippen LogP contribution in [0.1, 0.15) is 30.4 Å². The van der Waals surface area contributed by atoms with Gasteiger partial charge >= 0.3 is 5.97 Å². The Morgan fingerprint density at radius 3 is 3.00 bits per heavy atom. The molecule has 0 radical (unpaired) electrons. The Balaban J connectivity index is 1.86. The van der Waals surface area contributed by atoms with Crippen molar-refractivity contribution in [2.45, 2.75) is 32.0 Å². The highest BCUT2D eigenvalue weighted by atomic mass is 16.5. The number of ether oxygens (including phenoxy) is 2. The first kappa shape index (κ1) is 14.8. The van der Waals surface area contributed by atoms with E-state index in [-0.39, 0.29) is 6.10 Å². The summed E-state index contributed by atoms with van der Waals surface area (Å²) >= 11 is 0. The molecule has 1 aliphatic rings. The third kappa shape index (κ3) is 4.79. The molecule has 0 amide bonds. The zero-order valence-corrected chi connectivity index (χ0v) is 11.5. The predicted molar refractivity (Wildman–Crippen MR) is 76.4 cm³/mol. The summed E-state index contributed by atoms with van der Waals surface area (Å²) in [4.78, 5) is 10.6. The van der Waals surface area contributed by atoms with Crippen LogP contribution in [0.5, 0.6) is 0 Å². The third-order valence-electron chi connectivity index (χ3n) is 3.30. The Labute approximate surface area is 119 Å². The minimum atomic E-state index is -0.948. The van der Waals surface area contributed by atoms with Crippen molar-refractivity contribution in [3.63, 3.8) is 0 Å². The summed E-state index contributed by atoms with van der Waals surface area (Å²) in [6.45, 7) is 1.89. The number of rotatable bonds is 6. The van der Waals surface area contributed by atoms with Gasteiger partial charge in [0.1, 0.15) is 0 Å². The molecule has 1 aromatic rings. The molecular formula is C16H20O4. The van der Waals surface area contributed by atoms with E-state index in [1.807, 2.05) is 24.3 Å².